The summed E-state index contributed by atoms with van der Waals surface area (Å²) >= 11 is 0. The molecule has 0 atom stereocenters. The number of ether oxygens (including phenoxy) is 1. The van der Waals surface area contributed by atoms with Crippen LogP contribution in [-0.4, -0.2) is 81.5 Å². The summed E-state index contributed by atoms with van der Waals surface area (Å²) in [6, 6.07) is 19.2. The van der Waals surface area contributed by atoms with Crippen LogP contribution in [0.4, 0.5) is 21.5 Å². The third kappa shape index (κ3) is 7.10. The number of carbonyl (C=O) groups is 3. The summed E-state index contributed by atoms with van der Waals surface area (Å²) in [7, 11) is 5.22. The van der Waals surface area contributed by atoms with Gasteiger partial charge in [-0.3, -0.25) is 19.3 Å². The summed E-state index contributed by atoms with van der Waals surface area (Å²) in [6.07, 6.45) is 0.791. The molecule has 1 saturated heterocycles. The van der Waals surface area contributed by atoms with E-state index < -0.39 is 5.82 Å². The zero-order valence-corrected chi connectivity index (χ0v) is 24.7. The Morgan fingerprint density at radius 1 is 1.00 bits per heavy atom. The lowest BCUT2D eigenvalue weighted by atomic mass is 9.98. The number of piperazine rings is 1. The van der Waals surface area contributed by atoms with E-state index in [1.807, 2.05) is 48.5 Å². The second-order valence-corrected chi connectivity index (χ2v) is 10.9. The summed E-state index contributed by atoms with van der Waals surface area (Å²) in [5, 5.41) is 6.17. The molecule has 0 saturated carbocycles. The Balaban J connectivity index is 1.39. The molecule has 0 radical (unpaired) electrons. The topological polar surface area (TPSA) is 94.2 Å². The fraction of sp³-hybridized carbons (Fsp3) is 0.303. The number of nitrogens with zero attached hydrogens (tertiary/aromatic N) is 3. The molecule has 2 N–H and O–H groups in total. The Hall–Kier alpha value is -4.54. The maximum atomic E-state index is 13.9. The van der Waals surface area contributed by atoms with E-state index in [-0.39, 0.29) is 24.2 Å². The first-order valence-electron chi connectivity index (χ1n) is 14.3. The number of aryl methyl sites for hydroxylation is 1. The van der Waals surface area contributed by atoms with Crippen molar-refractivity contribution in [2.24, 2.45) is 0 Å². The Kier molecular flexibility index (Phi) is 9.18. The zero-order chi connectivity index (χ0) is 30.5. The molecular weight excluding hydrogens is 549 g/mol. The van der Waals surface area contributed by atoms with Gasteiger partial charge in [-0.1, -0.05) is 24.3 Å². The summed E-state index contributed by atoms with van der Waals surface area (Å²) in [5.41, 5.74) is 5.10. The number of hydrogen-bond donors (Lipinski definition) is 2. The van der Waals surface area contributed by atoms with Gasteiger partial charge in [0.15, 0.2) is 0 Å². The largest absolute Gasteiger partial charge is 0.469 e. The van der Waals surface area contributed by atoms with Gasteiger partial charge in [-0.15, -0.1) is 0 Å². The number of halogens is 1. The van der Waals surface area contributed by atoms with Gasteiger partial charge >= 0.3 is 5.97 Å². The number of methoxy groups -OCH3 is 1. The van der Waals surface area contributed by atoms with Crippen LogP contribution < -0.4 is 15.5 Å². The van der Waals surface area contributed by atoms with Crippen LogP contribution in [0.2, 0.25) is 0 Å². The molecule has 9 nitrogen and oxygen atoms in total. The van der Waals surface area contributed by atoms with Crippen LogP contribution in [0, 0.1) is 5.82 Å². The second-order valence-electron chi connectivity index (χ2n) is 10.9. The van der Waals surface area contributed by atoms with Crippen molar-refractivity contribution in [1.82, 2.24) is 9.80 Å². The molecule has 2 aliphatic heterocycles. The maximum absolute atomic E-state index is 13.9. The van der Waals surface area contributed by atoms with Crippen LogP contribution in [-0.2, 0) is 25.5 Å². The summed E-state index contributed by atoms with van der Waals surface area (Å²) < 4.78 is 18.7. The van der Waals surface area contributed by atoms with Crippen LogP contribution in [0.5, 0.6) is 0 Å². The molecule has 0 unspecified atom stereocenters. The average Bonchev–Trinajstić information content (AvgIpc) is 3.34. The third-order valence-electron chi connectivity index (χ3n) is 7.92. The van der Waals surface area contributed by atoms with Crippen LogP contribution in [0.1, 0.15) is 23.1 Å². The van der Waals surface area contributed by atoms with Crippen LogP contribution in [0.25, 0.3) is 11.3 Å². The number of rotatable bonds is 9. The molecule has 0 aliphatic carbocycles. The van der Waals surface area contributed by atoms with Crippen molar-refractivity contribution in [3.8, 4) is 0 Å². The Morgan fingerprint density at radius 2 is 1.70 bits per heavy atom. The van der Waals surface area contributed by atoms with Crippen molar-refractivity contribution in [3.63, 3.8) is 0 Å². The van der Waals surface area contributed by atoms with E-state index >= 15 is 0 Å². The Labute approximate surface area is 250 Å². The Morgan fingerprint density at radius 3 is 2.37 bits per heavy atom. The van der Waals surface area contributed by atoms with Crippen LogP contribution in [0.3, 0.4) is 0 Å². The van der Waals surface area contributed by atoms with E-state index in [1.54, 1.807) is 18.0 Å². The highest BCUT2D eigenvalue weighted by Gasteiger charge is 2.29. The van der Waals surface area contributed by atoms with Crippen molar-refractivity contribution in [2.75, 3.05) is 69.5 Å². The van der Waals surface area contributed by atoms with E-state index in [0.29, 0.717) is 41.2 Å². The number of benzene rings is 3. The van der Waals surface area contributed by atoms with Gasteiger partial charge in [-0.25, -0.2) is 4.39 Å². The molecule has 3 aromatic carbocycles. The smallest absolute Gasteiger partial charge is 0.305 e. The number of nitrogens with one attached hydrogen (secondary N) is 2. The highest BCUT2D eigenvalue weighted by atomic mass is 19.1. The number of likely N-dealkylation sites (N-methyl/N-ethyl adjacent to an activating group) is 2. The van der Waals surface area contributed by atoms with Gasteiger partial charge < -0.3 is 25.2 Å². The van der Waals surface area contributed by atoms with Gasteiger partial charge in [-0.05, 0) is 67.1 Å². The molecule has 224 valence electrons. The predicted octanol–water partition coefficient (Wildman–Crippen LogP) is 4.07. The summed E-state index contributed by atoms with van der Waals surface area (Å²) in [6.45, 7) is 4.00. The Bertz CT molecular complexity index is 1530. The number of hydrogen-bond acceptors (Lipinski definition) is 7. The van der Waals surface area contributed by atoms with Crippen molar-refractivity contribution >= 4 is 46.1 Å². The van der Waals surface area contributed by atoms with Crippen LogP contribution >= 0.6 is 0 Å². The minimum absolute atomic E-state index is 0.0202. The molecule has 0 bridgehead atoms. The number of fused-ring (bicyclic) bond motifs is 1. The number of carbonyl (C=O) groups excluding carboxylic acids is 3. The average molecular weight is 586 g/mol. The van der Waals surface area contributed by atoms with E-state index in [2.05, 4.69) is 27.5 Å². The monoisotopic (exact) mass is 585 g/mol. The lowest BCUT2D eigenvalue weighted by molar-refractivity contribution is -0.140. The van der Waals surface area contributed by atoms with Crippen molar-refractivity contribution in [2.45, 2.75) is 12.8 Å². The molecule has 5 rings (SSSR count). The molecule has 2 amide bonds. The van der Waals surface area contributed by atoms with E-state index in [0.717, 1.165) is 43.0 Å². The maximum Gasteiger partial charge on any atom is 0.305 e. The van der Waals surface area contributed by atoms with Gasteiger partial charge in [-0.2, -0.15) is 0 Å². The van der Waals surface area contributed by atoms with Gasteiger partial charge in [0.05, 0.1) is 30.6 Å². The number of esters is 1. The molecule has 2 heterocycles. The number of anilines is 3. The minimum Gasteiger partial charge on any atom is -0.469 e. The summed E-state index contributed by atoms with van der Waals surface area (Å²) in [5.74, 6) is -1.04. The van der Waals surface area contributed by atoms with Crippen molar-refractivity contribution < 1.29 is 23.5 Å². The molecule has 1 fully saturated rings. The molecular formula is C33H36FN5O4. The quantitative estimate of drug-likeness (QED) is 0.289. The van der Waals surface area contributed by atoms with Crippen molar-refractivity contribution in [3.05, 3.63) is 89.2 Å². The summed E-state index contributed by atoms with van der Waals surface area (Å²) in [4.78, 5) is 43.8. The van der Waals surface area contributed by atoms with E-state index in [1.165, 1.54) is 19.2 Å². The van der Waals surface area contributed by atoms with Gasteiger partial charge in [0, 0.05) is 56.6 Å². The third-order valence-corrected chi connectivity index (χ3v) is 7.92. The molecule has 2 aliphatic rings. The standard InChI is InChI=1S/C33H36FN5O4/c1-37-16-18-39(19-17-37)21-29(40)38(2)26-12-10-25(11-13-26)35-32(23-7-4-22(5-8-23)6-15-30(41)43-3)31-27-14-9-24(34)20-28(27)36-33(31)42/h4-5,7-14,20,35H,6,15-19,21H2,1-3H3,(H,36,42). The number of amides is 2. The SMILES string of the molecule is COC(=O)CCc1ccc(C(Nc2ccc(N(C)C(=O)CN3CCN(C)CC3)cc2)=C2C(=O)Nc3cc(F)ccc32)cc1. The zero-order valence-electron chi connectivity index (χ0n) is 24.7. The first-order valence-corrected chi connectivity index (χ1v) is 14.3. The first kappa shape index (κ1) is 29.9. The van der Waals surface area contributed by atoms with Crippen LogP contribution in [0.15, 0.2) is 66.7 Å². The molecule has 43 heavy (non-hydrogen) atoms. The molecule has 10 heteroatoms. The highest BCUT2D eigenvalue weighted by Crippen LogP contribution is 2.38. The van der Waals surface area contributed by atoms with E-state index in [4.69, 9.17) is 4.74 Å². The molecule has 0 spiro atoms. The normalized spacial score (nSPS) is 16.3. The fourth-order valence-electron chi connectivity index (χ4n) is 5.22. The lowest BCUT2D eigenvalue weighted by Gasteiger charge is -2.32. The van der Waals surface area contributed by atoms with Gasteiger partial charge in [0.1, 0.15) is 5.82 Å². The molecule has 0 aromatic heterocycles. The minimum atomic E-state index is -0.438. The molecule has 3 aromatic rings. The second kappa shape index (κ2) is 13.2. The fourth-order valence-corrected chi connectivity index (χ4v) is 5.22. The van der Waals surface area contributed by atoms with Gasteiger partial charge in [0.2, 0.25) is 5.91 Å². The predicted molar refractivity (Wildman–Crippen MR) is 166 cm³/mol. The lowest BCUT2D eigenvalue weighted by Crippen LogP contribution is -2.48. The van der Waals surface area contributed by atoms with Gasteiger partial charge in [0.25, 0.3) is 5.91 Å². The van der Waals surface area contributed by atoms with Crippen molar-refractivity contribution in [1.29, 1.82) is 0 Å². The highest BCUT2D eigenvalue weighted by molar-refractivity contribution is 6.37. The van der Waals surface area contributed by atoms with E-state index in [9.17, 15) is 18.8 Å². The first-order chi connectivity index (χ1) is 20.7.